The van der Waals surface area contributed by atoms with Crippen molar-refractivity contribution < 1.29 is 17.9 Å². The number of halogens is 1. The van der Waals surface area contributed by atoms with E-state index in [0.29, 0.717) is 5.69 Å². The third-order valence-corrected chi connectivity index (χ3v) is 5.36. The fourth-order valence-corrected chi connectivity index (χ4v) is 3.08. The van der Waals surface area contributed by atoms with Gasteiger partial charge in [0.15, 0.2) is 0 Å². The molecular formula is C13H18BrNO4S. The monoisotopic (exact) mass is 363 g/mol. The van der Waals surface area contributed by atoms with Crippen LogP contribution in [-0.4, -0.2) is 27.2 Å². The van der Waals surface area contributed by atoms with Crippen LogP contribution in [0.15, 0.2) is 16.6 Å². The molecule has 1 rings (SSSR count). The Hall–Kier alpha value is -1.08. The Balaban J connectivity index is 2.69. The summed E-state index contributed by atoms with van der Waals surface area (Å²) in [5, 5.41) is 0. The van der Waals surface area contributed by atoms with E-state index in [-0.39, 0.29) is 18.6 Å². The number of carbonyl (C=O) groups excluding carboxylic acids is 1. The summed E-state index contributed by atoms with van der Waals surface area (Å²) >= 11 is 3.43. The van der Waals surface area contributed by atoms with Gasteiger partial charge in [-0.05, 0) is 43.5 Å². The van der Waals surface area contributed by atoms with E-state index in [0.717, 1.165) is 15.6 Å². The van der Waals surface area contributed by atoms with Crippen LogP contribution in [0, 0.1) is 13.8 Å². The lowest BCUT2D eigenvalue weighted by atomic mass is 10.1. The Bertz CT molecular complexity index is 575. The van der Waals surface area contributed by atoms with Gasteiger partial charge in [0.05, 0.1) is 12.9 Å². The van der Waals surface area contributed by atoms with Gasteiger partial charge in [-0.1, -0.05) is 15.9 Å². The molecule has 0 amide bonds. The summed E-state index contributed by atoms with van der Waals surface area (Å²) in [6.45, 7) is 3.79. The summed E-state index contributed by atoms with van der Waals surface area (Å²) in [4.78, 5) is 10.9. The number of ether oxygens (including phenoxy) is 1. The third-order valence-electron chi connectivity index (χ3n) is 2.73. The van der Waals surface area contributed by atoms with Crippen molar-refractivity contribution in [2.75, 3.05) is 17.6 Å². The van der Waals surface area contributed by atoms with Crippen molar-refractivity contribution >= 4 is 37.6 Å². The minimum absolute atomic E-state index is 0.0931. The van der Waals surface area contributed by atoms with Gasteiger partial charge in [0.25, 0.3) is 0 Å². The SMILES string of the molecule is COC(=O)CCCS(=O)(=O)Nc1cc(C)c(Br)c(C)c1. The van der Waals surface area contributed by atoms with Crippen LogP contribution in [0.2, 0.25) is 0 Å². The molecule has 1 N–H and O–H groups in total. The number of hydrogen-bond donors (Lipinski definition) is 1. The van der Waals surface area contributed by atoms with Crippen LogP contribution in [0.25, 0.3) is 0 Å². The van der Waals surface area contributed by atoms with E-state index in [1.165, 1.54) is 7.11 Å². The van der Waals surface area contributed by atoms with Crippen LogP contribution in [0.5, 0.6) is 0 Å². The van der Waals surface area contributed by atoms with E-state index in [4.69, 9.17) is 0 Å². The molecule has 0 aliphatic carbocycles. The van der Waals surface area contributed by atoms with Gasteiger partial charge in [0, 0.05) is 16.6 Å². The number of hydrogen-bond acceptors (Lipinski definition) is 4. The van der Waals surface area contributed by atoms with E-state index in [1.54, 1.807) is 12.1 Å². The van der Waals surface area contributed by atoms with Crippen LogP contribution in [0.1, 0.15) is 24.0 Å². The first-order chi connectivity index (χ1) is 9.25. The van der Waals surface area contributed by atoms with E-state index < -0.39 is 16.0 Å². The molecule has 0 atom stereocenters. The first-order valence-corrected chi connectivity index (χ1v) is 8.54. The summed E-state index contributed by atoms with van der Waals surface area (Å²) in [6.07, 6.45) is 0.326. The number of carbonyl (C=O) groups is 1. The molecule has 0 spiro atoms. The number of benzene rings is 1. The molecule has 0 unspecified atom stereocenters. The van der Waals surface area contributed by atoms with Crippen molar-refractivity contribution in [2.45, 2.75) is 26.7 Å². The molecule has 0 saturated carbocycles. The predicted octanol–water partition coefficient (Wildman–Crippen LogP) is 2.76. The van der Waals surface area contributed by atoms with E-state index in [2.05, 4.69) is 25.4 Å². The summed E-state index contributed by atoms with van der Waals surface area (Å²) in [7, 11) is -2.18. The second kappa shape index (κ2) is 7.08. The van der Waals surface area contributed by atoms with Crippen LogP contribution >= 0.6 is 15.9 Å². The van der Waals surface area contributed by atoms with Gasteiger partial charge in [-0.2, -0.15) is 0 Å². The zero-order valence-corrected chi connectivity index (χ0v) is 14.1. The molecule has 112 valence electrons. The first-order valence-electron chi connectivity index (χ1n) is 6.09. The molecule has 0 aliphatic rings. The number of anilines is 1. The molecule has 0 bridgehead atoms. The van der Waals surface area contributed by atoms with Gasteiger partial charge in [-0.25, -0.2) is 8.42 Å². The normalized spacial score (nSPS) is 11.2. The van der Waals surface area contributed by atoms with E-state index >= 15 is 0 Å². The number of nitrogens with one attached hydrogen (secondary N) is 1. The Morgan fingerprint density at radius 1 is 1.30 bits per heavy atom. The molecule has 20 heavy (non-hydrogen) atoms. The molecule has 1 aromatic rings. The van der Waals surface area contributed by atoms with Crippen molar-refractivity contribution in [1.82, 2.24) is 0 Å². The topological polar surface area (TPSA) is 72.5 Å². The van der Waals surface area contributed by atoms with Crippen molar-refractivity contribution in [3.05, 3.63) is 27.7 Å². The third kappa shape index (κ3) is 5.13. The van der Waals surface area contributed by atoms with E-state index in [1.807, 2.05) is 13.8 Å². The van der Waals surface area contributed by atoms with Crippen LogP contribution < -0.4 is 4.72 Å². The predicted molar refractivity (Wildman–Crippen MR) is 82.3 cm³/mol. The van der Waals surface area contributed by atoms with Gasteiger partial charge in [0.1, 0.15) is 0 Å². The lowest BCUT2D eigenvalue weighted by Crippen LogP contribution is -2.18. The smallest absolute Gasteiger partial charge is 0.305 e. The van der Waals surface area contributed by atoms with E-state index in [9.17, 15) is 13.2 Å². The highest BCUT2D eigenvalue weighted by Crippen LogP contribution is 2.25. The summed E-state index contributed by atoms with van der Waals surface area (Å²) < 4.78 is 31.8. The maximum absolute atomic E-state index is 11.9. The van der Waals surface area contributed by atoms with Gasteiger partial charge in [-0.15, -0.1) is 0 Å². The van der Waals surface area contributed by atoms with Crippen LogP contribution in [-0.2, 0) is 19.6 Å². The van der Waals surface area contributed by atoms with Crippen molar-refractivity contribution in [3.63, 3.8) is 0 Å². The van der Waals surface area contributed by atoms with Crippen molar-refractivity contribution in [3.8, 4) is 0 Å². The summed E-state index contributed by atoms with van der Waals surface area (Å²) in [5.41, 5.74) is 2.44. The Kier molecular flexibility index (Phi) is 6.01. The Morgan fingerprint density at radius 3 is 2.35 bits per heavy atom. The quantitative estimate of drug-likeness (QED) is 0.788. The minimum atomic E-state index is -3.46. The molecular weight excluding hydrogens is 346 g/mol. The second-order valence-electron chi connectivity index (χ2n) is 4.52. The highest BCUT2D eigenvalue weighted by Gasteiger charge is 2.13. The molecule has 0 aliphatic heterocycles. The number of esters is 1. The second-order valence-corrected chi connectivity index (χ2v) is 7.16. The molecule has 0 radical (unpaired) electrons. The zero-order valence-electron chi connectivity index (χ0n) is 11.7. The van der Waals surface area contributed by atoms with Crippen LogP contribution in [0.4, 0.5) is 5.69 Å². The number of rotatable bonds is 6. The van der Waals surface area contributed by atoms with Gasteiger partial charge < -0.3 is 4.74 Å². The standard InChI is InChI=1S/C13H18BrNO4S/c1-9-7-11(8-10(2)13(9)14)15-20(17,18)6-4-5-12(16)19-3/h7-8,15H,4-6H2,1-3H3. The maximum atomic E-state index is 11.9. The number of sulfonamides is 1. The highest BCUT2D eigenvalue weighted by molar-refractivity contribution is 9.10. The van der Waals surface area contributed by atoms with Gasteiger partial charge in [0.2, 0.25) is 10.0 Å². The molecule has 0 fully saturated rings. The average molecular weight is 364 g/mol. The van der Waals surface area contributed by atoms with Gasteiger partial charge in [-0.3, -0.25) is 9.52 Å². The minimum Gasteiger partial charge on any atom is -0.469 e. The van der Waals surface area contributed by atoms with Crippen molar-refractivity contribution in [1.29, 1.82) is 0 Å². The fourth-order valence-electron chi connectivity index (χ4n) is 1.74. The summed E-state index contributed by atoms with van der Waals surface area (Å²) in [6, 6.07) is 3.52. The van der Waals surface area contributed by atoms with Gasteiger partial charge >= 0.3 is 5.97 Å². The largest absolute Gasteiger partial charge is 0.469 e. The van der Waals surface area contributed by atoms with Crippen molar-refractivity contribution in [2.24, 2.45) is 0 Å². The zero-order chi connectivity index (χ0) is 15.3. The molecule has 0 aromatic heterocycles. The Morgan fingerprint density at radius 2 is 1.85 bits per heavy atom. The lowest BCUT2D eigenvalue weighted by molar-refractivity contribution is -0.140. The highest BCUT2D eigenvalue weighted by atomic mass is 79.9. The molecule has 5 nitrogen and oxygen atoms in total. The molecule has 7 heteroatoms. The average Bonchev–Trinajstić information content (AvgIpc) is 2.34. The number of aryl methyl sites for hydroxylation is 2. The Labute approximate surface area is 127 Å². The lowest BCUT2D eigenvalue weighted by Gasteiger charge is -2.11. The molecule has 1 aromatic carbocycles. The van der Waals surface area contributed by atoms with Crippen LogP contribution in [0.3, 0.4) is 0 Å². The fraction of sp³-hybridized carbons (Fsp3) is 0.462. The molecule has 0 saturated heterocycles. The number of methoxy groups -OCH3 is 1. The maximum Gasteiger partial charge on any atom is 0.305 e. The first kappa shape index (κ1) is 17.0. The summed E-state index contributed by atoms with van der Waals surface area (Å²) in [5.74, 6) is -0.522. The molecule has 0 heterocycles.